The van der Waals surface area contributed by atoms with Crippen molar-refractivity contribution in [1.29, 1.82) is 0 Å². The maximum atomic E-state index is 5.89. The van der Waals surface area contributed by atoms with Crippen molar-refractivity contribution in [2.45, 2.75) is 20.1 Å². The summed E-state index contributed by atoms with van der Waals surface area (Å²) in [6, 6.07) is 22.3. The van der Waals surface area contributed by atoms with Crippen LogP contribution in [0.1, 0.15) is 12.5 Å². The Bertz CT molecular complexity index is 993. The average molecular weight is 355 g/mol. The smallest absolute Gasteiger partial charge is 0.119 e. The number of ether oxygens (including phenoxy) is 1. The number of rotatable bonds is 6. The van der Waals surface area contributed by atoms with Crippen LogP contribution in [-0.4, -0.2) is 14.8 Å². The highest BCUT2D eigenvalue weighted by molar-refractivity contribution is 5.80. The van der Waals surface area contributed by atoms with Crippen molar-refractivity contribution < 1.29 is 4.74 Å². The molecule has 0 atom stereocenters. The molecule has 0 aliphatic rings. The maximum absolute atomic E-state index is 5.89. The van der Waals surface area contributed by atoms with E-state index in [4.69, 9.17) is 9.84 Å². The summed E-state index contributed by atoms with van der Waals surface area (Å²) in [7, 11) is 0. The number of pyridine rings is 1. The molecule has 4 nitrogen and oxygen atoms in total. The first-order valence-corrected chi connectivity index (χ1v) is 9.08. The Labute approximate surface area is 159 Å². The molecule has 0 amide bonds. The Morgan fingerprint density at radius 3 is 2.30 bits per heavy atom. The van der Waals surface area contributed by atoms with Gasteiger partial charge in [-0.05, 0) is 54.4 Å². The van der Waals surface area contributed by atoms with E-state index < -0.39 is 0 Å². The maximum Gasteiger partial charge on any atom is 0.119 e. The van der Waals surface area contributed by atoms with E-state index >= 15 is 0 Å². The van der Waals surface area contributed by atoms with Gasteiger partial charge in [0.25, 0.3) is 0 Å². The normalized spacial score (nSPS) is 10.7. The van der Waals surface area contributed by atoms with Crippen molar-refractivity contribution in [3.05, 3.63) is 90.9 Å². The van der Waals surface area contributed by atoms with Gasteiger partial charge in [0, 0.05) is 36.3 Å². The summed E-state index contributed by atoms with van der Waals surface area (Å²) >= 11 is 0. The van der Waals surface area contributed by atoms with Gasteiger partial charge in [0.1, 0.15) is 18.1 Å². The monoisotopic (exact) mass is 355 g/mol. The topological polar surface area (TPSA) is 39.9 Å². The summed E-state index contributed by atoms with van der Waals surface area (Å²) in [6.07, 6.45) is 5.70. The van der Waals surface area contributed by atoms with Crippen LogP contribution in [0.25, 0.3) is 22.4 Å². The number of hydrogen-bond donors (Lipinski definition) is 0. The van der Waals surface area contributed by atoms with Gasteiger partial charge in [-0.1, -0.05) is 30.3 Å². The number of benzene rings is 2. The lowest BCUT2D eigenvalue weighted by molar-refractivity contribution is 0.306. The van der Waals surface area contributed by atoms with Crippen LogP contribution in [-0.2, 0) is 13.2 Å². The number of hydrogen-bond acceptors (Lipinski definition) is 3. The molecule has 4 rings (SSSR count). The first-order chi connectivity index (χ1) is 13.3. The zero-order valence-electron chi connectivity index (χ0n) is 15.2. The van der Waals surface area contributed by atoms with Crippen LogP contribution in [0.3, 0.4) is 0 Å². The van der Waals surface area contributed by atoms with Crippen LogP contribution in [0.15, 0.2) is 85.3 Å². The summed E-state index contributed by atoms with van der Waals surface area (Å²) in [6.45, 7) is 3.48. The van der Waals surface area contributed by atoms with E-state index in [9.17, 15) is 0 Å². The van der Waals surface area contributed by atoms with E-state index in [2.05, 4.69) is 42.4 Å². The summed E-state index contributed by atoms with van der Waals surface area (Å²) in [5.74, 6) is 0.850. The van der Waals surface area contributed by atoms with Crippen LogP contribution in [0.2, 0.25) is 0 Å². The highest BCUT2D eigenvalue weighted by Gasteiger charge is 2.13. The molecule has 0 aliphatic heterocycles. The standard InChI is InChI=1S/C23H21N3O/c1-2-26-16-22(19-12-14-24-15-13-19)23(25-26)20-8-10-21(11-9-20)27-17-18-6-4-3-5-7-18/h3-16H,2,17H2,1H3. The third kappa shape index (κ3) is 3.90. The van der Waals surface area contributed by atoms with E-state index in [1.807, 2.05) is 59.5 Å². The lowest BCUT2D eigenvalue weighted by Crippen LogP contribution is -1.95. The summed E-state index contributed by atoms with van der Waals surface area (Å²) in [5, 5.41) is 4.75. The predicted octanol–water partition coefficient (Wildman–Crippen LogP) is 5.21. The molecular weight excluding hydrogens is 334 g/mol. The molecule has 0 aliphatic carbocycles. The van der Waals surface area contributed by atoms with Crippen LogP contribution >= 0.6 is 0 Å². The average Bonchev–Trinajstić information content (AvgIpc) is 3.19. The molecule has 0 N–H and O–H groups in total. The summed E-state index contributed by atoms with van der Waals surface area (Å²) in [5.41, 5.74) is 5.42. The molecule has 0 saturated heterocycles. The lowest BCUT2D eigenvalue weighted by atomic mass is 10.0. The lowest BCUT2D eigenvalue weighted by Gasteiger charge is -2.07. The van der Waals surface area contributed by atoms with Crippen LogP contribution < -0.4 is 4.74 Å². The van der Waals surface area contributed by atoms with E-state index in [1.54, 1.807) is 0 Å². The molecular formula is C23H21N3O. The van der Waals surface area contributed by atoms with Gasteiger partial charge in [-0.25, -0.2) is 0 Å². The highest BCUT2D eigenvalue weighted by atomic mass is 16.5. The van der Waals surface area contributed by atoms with Crippen molar-refractivity contribution in [2.24, 2.45) is 0 Å². The van der Waals surface area contributed by atoms with Gasteiger partial charge in [-0.15, -0.1) is 0 Å². The van der Waals surface area contributed by atoms with E-state index in [1.165, 1.54) is 0 Å². The molecule has 0 saturated carbocycles. The zero-order chi connectivity index (χ0) is 18.5. The molecule has 2 aromatic heterocycles. The molecule has 0 unspecified atom stereocenters. The third-order valence-corrected chi connectivity index (χ3v) is 4.45. The minimum atomic E-state index is 0.562. The van der Waals surface area contributed by atoms with Gasteiger partial charge in [0.2, 0.25) is 0 Å². The molecule has 2 heterocycles. The van der Waals surface area contributed by atoms with Gasteiger partial charge in [0.05, 0.1) is 0 Å². The first-order valence-electron chi connectivity index (χ1n) is 9.08. The van der Waals surface area contributed by atoms with Gasteiger partial charge < -0.3 is 4.74 Å². The van der Waals surface area contributed by atoms with Gasteiger partial charge >= 0.3 is 0 Å². The molecule has 0 radical (unpaired) electrons. The molecule has 4 heteroatoms. The second kappa shape index (κ2) is 7.87. The van der Waals surface area contributed by atoms with Crippen LogP contribution in [0.5, 0.6) is 5.75 Å². The fourth-order valence-corrected chi connectivity index (χ4v) is 2.99. The van der Waals surface area contributed by atoms with Crippen molar-refractivity contribution >= 4 is 0 Å². The Kier molecular flexibility index (Phi) is 4.97. The number of nitrogens with zero attached hydrogens (tertiary/aromatic N) is 3. The zero-order valence-corrected chi connectivity index (χ0v) is 15.2. The predicted molar refractivity (Wildman–Crippen MR) is 107 cm³/mol. The Balaban J connectivity index is 1.58. The molecule has 4 aromatic rings. The number of aryl methyl sites for hydroxylation is 1. The first kappa shape index (κ1) is 17.0. The molecule has 27 heavy (non-hydrogen) atoms. The van der Waals surface area contributed by atoms with Crippen molar-refractivity contribution in [2.75, 3.05) is 0 Å². The second-order valence-corrected chi connectivity index (χ2v) is 6.28. The molecule has 2 aromatic carbocycles. The highest BCUT2D eigenvalue weighted by Crippen LogP contribution is 2.31. The van der Waals surface area contributed by atoms with E-state index in [0.717, 1.165) is 40.2 Å². The SMILES string of the molecule is CCn1cc(-c2ccncc2)c(-c2ccc(OCc3ccccc3)cc2)n1. The summed E-state index contributed by atoms with van der Waals surface area (Å²) < 4.78 is 7.85. The van der Waals surface area contributed by atoms with Crippen molar-refractivity contribution in [1.82, 2.24) is 14.8 Å². The van der Waals surface area contributed by atoms with Gasteiger partial charge in [0.15, 0.2) is 0 Å². The molecule has 134 valence electrons. The van der Waals surface area contributed by atoms with Crippen molar-refractivity contribution in [3.8, 4) is 28.1 Å². The fraction of sp³-hybridized carbons (Fsp3) is 0.130. The van der Waals surface area contributed by atoms with Gasteiger partial charge in [-0.3, -0.25) is 9.67 Å². The second-order valence-electron chi connectivity index (χ2n) is 6.28. The minimum absolute atomic E-state index is 0.562. The van der Waals surface area contributed by atoms with Crippen LogP contribution in [0.4, 0.5) is 0 Å². The molecule has 0 bridgehead atoms. The summed E-state index contributed by atoms with van der Waals surface area (Å²) in [4.78, 5) is 4.11. The van der Waals surface area contributed by atoms with Gasteiger partial charge in [-0.2, -0.15) is 5.10 Å². The third-order valence-electron chi connectivity index (χ3n) is 4.45. The largest absolute Gasteiger partial charge is 0.489 e. The number of aromatic nitrogens is 3. The van der Waals surface area contributed by atoms with Crippen molar-refractivity contribution in [3.63, 3.8) is 0 Å². The Morgan fingerprint density at radius 2 is 1.59 bits per heavy atom. The van der Waals surface area contributed by atoms with E-state index in [-0.39, 0.29) is 0 Å². The minimum Gasteiger partial charge on any atom is -0.489 e. The van der Waals surface area contributed by atoms with Crippen LogP contribution in [0, 0.1) is 0 Å². The van der Waals surface area contributed by atoms with E-state index in [0.29, 0.717) is 6.61 Å². The Morgan fingerprint density at radius 1 is 0.852 bits per heavy atom. The fourth-order valence-electron chi connectivity index (χ4n) is 2.99. The quantitative estimate of drug-likeness (QED) is 0.476. The Hall–Kier alpha value is -3.40. The molecule has 0 spiro atoms. The molecule has 0 fully saturated rings.